The third-order valence-corrected chi connectivity index (χ3v) is 5.73. The fraction of sp³-hybridized carbons (Fsp3) is 0.143. The Balaban J connectivity index is 1.48. The van der Waals surface area contributed by atoms with Gasteiger partial charge >= 0.3 is 11.2 Å². The number of hydrogen-bond acceptors (Lipinski definition) is 6. The molecule has 180 valence electrons. The molecule has 2 aromatic heterocycles. The van der Waals surface area contributed by atoms with Gasteiger partial charge in [0.1, 0.15) is 13.3 Å². The molecule has 5 rings (SSSR count). The summed E-state index contributed by atoms with van der Waals surface area (Å²) in [5, 5.41) is 6.19. The molecule has 0 N–H and O–H groups in total. The van der Waals surface area contributed by atoms with E-state index in [1.165, 1.54) is 4.68 Å². The predicted octanol–water partition coefficient (Wildman–Crippen LogP) is 3.75. The normalized spacial score (nSPS) is 11.0. The van der Waals surface area contributed by atoms with Gasteiger partial charge in [-0.25, -0.2) is 14.0 Å². The van der Waals surface area contributed by atoms with Gasteiger partial charge < -0.3 is 9.47 Å². The number of aromatic nitrogens is 4. The Hall–Kier alpha value is -4.56. The monoisotopic (exact) mass is 480 g/mol. The lowest BCUT2D eigenvalue weighted by atomic mass is 10.1. The summed E-state index contributed by atoms with van der Waals surface area (Å²) in [5.74, 6) is -0.163. The van der Waals surface area contributed by atoms with Crippen LogP contribution in [0, 0.1) is 0 Å². The number of rotatable bonds is 9. The van der Waals surface area contributed by atoms with E-state index in [0.29, 0.717) is 0 Å². The van der Waals surface area contributed by atoms with Gasteiger partial charge in [-0.2, -0.15) is 0 Å². The second-order valence-corrected chi connectivity index (χ2v) is 8.23. The predicted molar refractivity (Wildman–Crippen MR) is 136 cm³/mol. The van der Waals surface area contributed by atoms with Crippen LogP contribution in [-0.2, 0) is 31.2 Å². The molecule has 0 bridgehead atoms. The van der Waals surface area contributed by atoms with Crippen molar-refractivity contribution in [2.45, 2.75) is 26.5 Å². The van der Waals surface area contributed by atoms with E-state index in [9.17, 15) is 9.59 Å². The molecule has 36 heavy (non-hydrogen) atoms. The first kappa shape index (κ1) is 23.2. The van der Waals surface area contributed by atoms with Crippen LogP contribution in [0.4, 0.5) is 0 Å². The van der Waals surface area contributed by atoms with Crippen molar-refractivity contribution in [1.29, 1.82) is 0 Å². The van der Waals surface area contributed by atoms with Crippen LogP contribution in [0.15, 0.2) is 107 Å². The molecule has 0 fully saturated rings. The van der Waals surface area contributed by atoms with E-state index >= 15 is 0 Å². The van der Waals surface area contributed by atoms with Crippen LogP contribution in [-0.4, -0.2) is 19.3 Å². The van der Waals surface area contributed by atoms with Crippen molar-refractivity contribution in [3.63, 3.8) is 0 Å². The first-order chi connectivity index (χ1) is 17.7. The molecule has 0 aliphatic heterocycles. The van der Waals surface area contributed by atoms with Crippen molar-refractivity contribution in [3.8, 4) is 5.88 Å². The largest absolute Gasteiger partial charge is 0.468 e. The van der Waals surface area contributed by atoms with E-state index in [-0.39, 0.29) is 32.4 Å². The maximum absolute atomic E-state index is 13.3. The van der Waals surface area contributed by atoms with Crippen LogP contribution in [0.5, 0.6) is 5.88 Å². The SMILES string of the molecule is O=c1c(OCc2ccccc2)nn(Cc2cccc3cnccc23)c(=O)n1COCc1ccccc1. The highest BCUT2D eigenvalue weighted by molar-refractivity contribution is 5.84. The van der Waals surface area contributed by atoms with Gasteiger partial charge in [-0.15, -0.1) is 5.10 Å². The molecule has 0 unspecified atom stereocenters. The van der Waals surface area contributed by atoms with Gasteiger partial charge in [0, 0.05) is 17.8 Å². The summed E-state index contributed by atoms with van der Waals surface area (Å²) < 4.78 is 13.8. The molecule has 8 nitrogen and oxygen atoms in total. The van der Waals surface area contributed by atoms with Crippen LogP contribution in [0.2, 0.25) is 0 Å². The molecule has 0 aliphatic carbocycles. The van der Waals surface area contributed by atoms with Gasteiger partial charge in [0.15, 0.2) is 0 Å². The molecule has 8 heteroatoms. The number of nitrogens with zero attached hydrogens (tertiary/aromatic N) is 4. The van der Waals surface area contributed by atoms with Crippen LogP contribution < -0.4 is 16.0 Å². The third kappa shape index (κ3) is 5.24. The Morgan fingerprint density at radius 2 is 1.50 bits per heavy atom. The molecule has 3 aromatic carbocycles. The maximum Gasteiger partial charge on any atom is 0.349 e. The van der Waals surface area contributed by atoms with Crippen molar-refractivity contribution in [2.24, 2.45) is 0 Å². The first-order valence-electron chi connectivity index (χ1n) is 11.5. The van der Waals surface area contributed by atoms with Crippen molar-refractivity contribution in [1.82, 2.24) is 19.3 Å². The zero-order chi connectivity index (χ0) is 24.7. The fourth-order valence-corrected chi connectivity index (χ4v) is 3.89. The zero-order valence-electron chi connectivity index (χ0n) is 19.5. The number of benzene rings is 3. The van der Waals surface area contributed by atoms with E-state index in [1.54, 1.807) is 12.4 Å². The minimum Gasteiger partial charge on any atom is -0.468 e. The average molecular weight is 481 g/mol. The quantitative estimate of drug-likeness (QED) is 0.319. The molecular weight excluding hydrogens is 456 g/mol. The Bertz CT molecular complexity index is 1580. The third-order valence-electron chi connectivity index (χ3n) is 5.73. The smallest absolute Gasteiger partial charge is 0.349 e. The van der Waals surface area contributed by atoms with E-state index in [4.69, 9.17) is 9.47 Å². The topological polar surface area (TPSA) is 88.2 Å². The van der Waals surface area contributed by atoms with Gasteiger partial charge in [0.25, 0.3) is 5.88 Å². The minimum absolute atomic E-state index is 0.145. The summed E-state index contributed by atoms with van der Waals surface area (Å²) in [4.78, 5) is 30.6. The van der Waals surface area contributed by atoms with Gasteiger partial charge in [-0.1, -0.05) is 78.9 Å². The Morgan fingerprint density at radius 1 is 0.778 bits per heavy atom. The average Bonchev–Trinajstić information content (AvgIpc) is 2.93. The van der Waals surface area contributed by atoms with Gasteiger partial charge in [0.2, 0.25) is 0 Å². The molecule has 0 spiro atoms. The molecular formula is C28H24N4O4. The lowest BCUT2D eigenvalue weighted by Gasteiger charge is -2.14. The van der Waals surface area contributed by atoms with Gasteiger partial charge in [0.05, 0.1) is 13.2 Å². The van der Waals surface area contributed by atoms with Crippen LogP contribution >= 0.6 is 0 Å². The molecule has 0 amide bonds. The van der Waals surface area contributed by atoms with Crippen LogP contribution in [0.25, 0.3) is 10.8 Å². The van der Waals surface area contributed by atoms with Gasteiger partial charge in [-0.3, -0.25) is 9.78 Å². The molecule has 0 aliphatic rings. The summed E-state index contributed by atoms with van der Waals surface area (Å²) in [5.41, 5.74) is 1.47. The van der Waals surface area contributed by atoms with E-state index < -0.39 is 11.2 Å². The Labute approximate surface area is 207 Å². The summed E-state index contributed by atoms with van der Waals surface area (Å²) in [6.45, 7) is 0.328. The molecule has 0 radical (unpaired) electrons. The van der Waals surface area contributed by atoms with E-state index in [2.05, 4.69) is 10.1 Å². The molecule has 0 atom stereocenters. The van der Waals surface area contributed by atoms with Crippen LogP contribution in [0.1, 0.15) is 16.7 Å². The highest BCUT2D eigenvalue weighted by atomic mass is 16.5. The van der Waals surface area contributed by atoms with Crippen molar-refractivity contribution in [3.05, 3.63) is 135 Å². The highest BCUT2D eigenvalue weighted by Gasteiger charge is 2.16. The lowest BCUT2D eigenvalue weighted by molar-refractivity contribution is 0.0558. The molecule has 2 heterocycles. The van der Waals surface area contributed by atoms with Crippen LogP contribution in [0.3, 0.4) is 0 Å². The number of fused-ring (bicyclic) bond motifs is 1. The van der Waals surface area contributed by atoms with E-state index in [0.717, 1.165) is 32.0 Å². The number of ether oxygens (including phenoxy) is 2. The van der Waals surface area contributed by atoms with E-state index in [1.807, 2.05) is 84.9 Å². The minimum atomic E-state index is -0.637. The maximum atomic E-state index is 13.3. The summed E-state index contributed by atoms with van der Waals surface area (Å²) >= 11 is 0. The Kier molecular flexibility index (Phi) is 6.95. The standard InChI is InChI=1S/C28H24N4O4/c33-27-26(36-19-22-10-5-2-6-11-22)30-32(17-24-13-7-12-23-16-29-15-14-25(23)24)28(34)31(27)20-35-18-21-8-3-1-4-9-21/h1-16H,17-20H2. The lowest BCUT2D eigenvalue weighted by Crippen LogP contribution is -2.42. The Morgan fingerprint density at radius 3 is 2.25 bits per heavy atom. The molecule has 0 saturated heterocycles. The summed E-state index contributed by atoms with van der Waals surface area (Å²) in [6.07, 6.45) is 3.47. The van der Waals surface area contributed by atoms with Gasteiger partial charge in [-0.05, 0) is 28.1 Å². The number of hydrogen-bond donors (Lipinski definition) is 0. The van der Waals surface area contributed by atoms with Crippen molar-refractivity contribution in [2.75, 3.05) is 0 Å². The molecule has 5 aromatic rings. The van der Waals surface area contributed by atoms with Crippen molar-refractivity contribution < 1.29 is 9.47 Å². The summed E-state index contributed by atoms with van der Waals surface area (Å²) in [6, 6.07) is 26.7. The highest BCUT2D eigenvalue weighted by Crippen LogP contribution is 2.18. The second kappa shape index (κ2) is 10.8. The fourth-order valence-electron chi connectivity index (χ4n) is 3.89. The van der Waals surface area contributed by atoms with Crippen molar-refractivity contribution >= 4 is 10.8 Å². The summed E-state index contributed by atoms with van der Waals surface area (Å²) in [7, 11) is 0. The number of pyridine rings is 1. The second-order valence-electron chi connectivity index (χ2n) is 8.23. The zero-order valence-corrected chi connectivity index (χ0v) is 19.5. The first-order valence-corrected chi connectivity index (χ1v) is 11.5. The molecule has 0 saturated carbocycles.